The van der Waals surface area contributed by atoms with E-state index in [0.29, 0.717) is 5.69 Å². The van der Waals surface area contributed by atoms with E-state index in [1.165, 1.54) is 12.3 Å². The van der Waals surface area contributed by atoms with Crippen LogP contribution < -0.4 is 10.1 Å². The zero-order valence-electron chi connectivity index (χ0n) is 8.71. The molecule has 1 rings (SSSR count). The Morgan fingerprint density at radius 1 is 1.38 bits per heavy atom. The Balaban J connectivity index is 0.00000225. The van der Waals surface area contributed by atoms with Crippen LogP contribution in [0.15, 0.2) is 18.3 Å². The number of pyridine rings is 1. The van der Waals surface area contributed by atoms with Gasteiger partial charge in [-0.3, -0.25) is 0 Å². The lowest BCUT2D eigenvalue weighted by atomic mass is 10.4. The summed E-state index contributed by atoms with van der Waals surface area (Å²) in [6.07, 6.45) is -4.83. The monoisotopic (exact) mass is 256 g/mol. The van der Waals surface area contributed by atoms with Crippen LogP contribution in [0.5, 0.6) is 5.88 Å². The fourth-order valence-electron chi connectivity index (χ4n) is 0.846. The van der Waals surface area contributed by atoms with Crippen LogP contribution in [0.1, 0.15) is 6.92 Å². The molecule has 3 nitrogen and oxygen atoms in total. The number of anilines is 1. The first kappa shape index (κ1) is 14.8. The molecule has 1 heterocycles. The van der Waals surface area contributed by atoms with Crippen LogP contribution in [0.25, 0.3) is 0 Å². The van der Waals surface area contributed by atoms with Gasteiger partial charge in [0.1, 0.15) is 0 Å². The predicted molar refractivity (Wildman–Crippen MR) is 57.2 cm³/mol. The van der Waals surface area contributed by atoms with Gasteiger partial charge in [-0.1, -0.05) is 0 Å². The van der Waals surface area contributed by atoms with Crippen molar-refractivity contribution in [1.82, 2.24) is 4.98 Å². The number of nitrogens with zero attached hydrogens (tertiary/aromatic N) is 1. The number of hydrogen-bond acceptors (Lipinski definition) is 3. The summed E-state index contributed by atoms with van der Waals surface area (Å²) in [5.74, 6) is -0.0428. The summed E-state index contributed by atoms with van der Waals surface area (Å²) in [6, 6.07) is 2.97. The lowest BCUT2D eigenvalue weighted by Crippen LogP contribution is -2.31. The largest absolute Gasteiger partial charge is 0.465 e. The average molecular weight is 257 g/mol. The van der Waals surface area contributed by atoms with Gasteiger partial charge in [0.25, 0.3) is 0 Å². The molecule has 0 amide bonds. The Bertz CT molecular complexity index is 316. The Kier molecular flexibility index (Phi) is 5.37. The van der Waals surface area contributed by atoms with Gasteiger partial charge in [-0.05, 0) is 13.0 Å². The molecule has 0 aliphatic heterocycles. The van der Waals surface area contributed by atoms with Crippen LogP contribution in [0.3, 0.4) is 0 Å². The van der Waals surface area contributed by atoms with Gasteiger partial charge < -0.3 is 10.1 Å². The van der Waals surface area contributed by atoms with Crippen molar-refractivity contribution in [2.75, 3.05) is 12.4 Å². The first-order valence-corrected chi connectivity index (χ1v) is 4.30. The van der Waals surface area contributed by atoms with Crippen molar-refractivity contribution >= 4 is 18.1 Å². The fraction of sp³-hybridized carbons (Fsp3) is 0.444. The molecule has 92 valence electrons. The third-order valence-corrected chi connectivity index (χ3v) is 1.78. The SMILES string of the molecule is CNc1ccc(O[C@H](C)C(F)(F)F)nc1.Cl. The third kappa shape index (κ3) is 4.14. The highest BCUT2D eigenvalue weighted by atomic mass is 35.5. The van der Waals surface area contributed by atoms with Gasteiger partial charge in [-0.15, -0.1) is 12.4 Å². The Hall–Kier alpha value is -1.17. The van der Waals surface area contributed by atoms with E-state index < -0.39 is 12.3 Å². The van der Waals surface area contributed by atoms with Gasteiger partial charge in [-0.2, -0.15) is 13.2 Å². The number of ether oxygens (including phenoxy) is 1. The summed E-state index contributed by atoms with van der Waals surface area (Å²) in [4.78, 5) is 3.72. The smallest absolute Gasteiger partial charge is 0.425 e. The zero-order valence-corrected chi connectivity index (χ0v) is 9.52. The van der Waals surface area contributed by atoms with Crippen molar-refractivity contribution in [3.05, 3.63) is 18.3 Å². The van der Waals surface area contributed by atoms with E-state index in [1.54, 1.807) is 13.1 Å². The normalized spacial score (nSPS) is 12.6. The molecule has 1 aromatic rings. The molecule has 0 bridgehead atoms. The molecule has 0 aliphatic rings. The fourth-order valence-corrected chi connectivity index (χ4v) is 0.846. The first-order chi connectivity index (χ1) is 6.93. The minimum Gasteiger partial charge on any atom is -0.465 e. The third-order valence-electron chi connectivity index (χ3n) is 1.78. The highest BCUT2D eigenvalue weighted by molar-refractivity contribution is 5.85. The molecule has 0 unspecified atom stereocenters. The lowest BCUT2D eigenvalue weighted by Gasteiger charge is -2.16. The maximum atomic E-state index is 12.1. The van der Waals surface area contributed by atoms with Crippen molar-refractivity contribution in [3.63, 3.8) is 0 Å². The molecular weight excluding hydrogens is 245 g/mol. The van der Waals surface area contributed by atoms with Crippen LogP contribution in [0, 0.1) is 0 Å². The molecule has 7 heteroatoms. The molecule has 1 aromatic heterocycles. The number of aromatic nitrogens is 1. The minimum absolute atomic E-state index is 0. The number of halogens is 4. The van der Waals surface area contributed by atoms with E-state index in [2.05, 4.69) is 15.0 Å². The van der Waals surface area contributed by atoms with E-state index in [9.17, 15) is 13.2 Å². The second kappa shape index (κ2) is 5.79. The van der Waals surface area contributed by atoms with Gasteiger partial charge in [0.05, 0.1) is 11.9 Å². The Labute approximate surface area is 97.4 Å². The highest BCUT2D eigenvalue weighted by Gasteiger charge is 2.38. The van der Waals surface area contributed by atoms with Crippen molar-refractivity contribution < 1.29 is 17.9 Å². The average Bonchev–Trinajstić information content (AvgIpc) is 2.17. The molecule has 0 saturated carbocycles. The molecule has 1 N–H and O–H groups in total. The lowest BCUT2D eigenvalue weighted by molar-refractivity contribution is -0.189. The van der Waals surface area contributed by atoms with Crippen LogP contribution in [0.2, 0.25) is 0 Å². The highest BCUT2D eigenvalue weighted by Crippen LogP contribution is 2.24. The maximum absolute atomic E-state index is 12.1. The summed E-state index contributed by atoms with van der Waals surface area (Å²) >= 11 is 0. The quantitative estimate of drug-likeness (QED) is 0.903. The van der Waals surface area contributed by atoms with Gasteiger partial charge in [-0.25, -0.2) is 4.98 Å². The van der Waals surface area contributed by atoms with Crippen LogP contribution in [-0.2, 0) is 0 Å². The first-order valence-electron chi connectivity index (χ1n) is 4.30. The van der Waals surface area contributed by atoms with Crippen molar-refractivity contribution in [2.24, 2.45) is 0 Å². The molecule has 0 fully saturated rings. The summed E-state index contributed by atoms with van der Waals surface area (Å²) < 4.78 is 41.0. The minimum atomic E-state index is -4.37. The van der Waals surface area contributed by atoms with E-state index >= 15 is 0 Å². The van der Waals surface area contributed by atoms with Gasteiger partial charge >= 0.3 is 6.18 Å². The summed E-state index contributed by atoms with van der Waals surface area (Å²) in [7, 11) is 1.69. The topological polar surface area (TPSA) is 34.1 Å². The van der Waals surface area contributed by atoms with E-state index in [1.807, 2.05) is 0 Å². The van der Waals surface area contributed by atoms with Gasteiger partial charge in [0.2, 0.25) is 5.88 Å². The van der Waals surface area contributed by atoms with Gasteiger partial charge in [0.15, 0.2) is 6.10 Å². The van der Waals surface area contributed by atoms with E-state index in [0.717, 1.165) is 6.92 Å². The summed E-state index contributed by atoms with van der Waals surface area (Å²) in [5.41, 5.74) is 0.710. The molecule has 16 heavy (non-hydrogen) atoms. The number of rotatable bonds is 3. The second-order valence-corrected chi connectivity index (χ2v) is 2.94. The maximum Gasteiger partial charge on any atom is 0.425 e. The Morgan fingerprint density at radius 2 is 2.00 bits per heavy atom. The van der Waals surface area contributed by atoms with Crippen molar-refractivity contribution in [3.8, 4) is 5.88 Å². The van der Waals surface area contributed by atoms with Crippen LogP contribution in [0.4, 0.5) is 18.9 Å². The molecule has 0 saturated heterocycles. The zero-order chi connectivity index (χ0) is 11.5. The molecule has 0 radical (unpaired) electrons. The van der Waals surface area contributed by atoms with Crippen LogP contribution in [-0.4, -0.2) is 24.3 Å². The molecule has 0 spiro atoms. The molecule has 0 aromatic carbocycles. The predicted octanol–water partition coefficient (Wildman–Crippen LogP) is 2.87. The van der Waals surface area contributed by atoms with Crippen LogP contribution >= 0.6 is 12.4 Å². The van der Waals surface area contributed by atoms with E-state index in [4.69, 9.17) is 0 Å². The number of hydrogen-bond donors (Lipinski definition) is 1. The van der Waals surface area contributed by atoms with E-state index in [-0.39, 0.29) is 18.3 Å². The summed E-state index contributed by atoms with van der Waals surface area (Å²) in [6.45, 7) is 0.938. The molecular formula is C9H12ClF3N2O. The number of nitrogens with one attached hydrogen (secondary N) is 1. The Morgan fingerprint density at radius 3 is 2.38 bits per heavy atom. The summed E-state index contributed by atoms with van der Waals surface area (Å²) in [5, 5.41) is 2.80. The van der Waals surface area contributed by atoms with Gasteiger partial charge in [0, 0.05) is 13.1 Å². The standard InChI is InChI=1S/C9H11F3N2O.ClH/c1-6(9(10,11)12)15-8-4-3-7(13-2)5-14-8;/h3-6,13H,1-2H3;1H/t6-;/m1./s1. The number of alkyl halides is 3. The van der Waals surface area contributed by atoms with Crippen molar-refractivity contribution in [1.29, 1.82) is 0 Å². The molecule has 1 atom stereocenters. The molecule has 0 aliphatic carbocycles. The second-order valence-electron chi connectivity index (χ2n) is 2.94. The van der Waals surface area contributed by atoms with Crippen molar-refractivity contribution in [2.45, 2.75) is 19.2 Å².